The second-order valence-electron chi connectivity index (χ2n) is 3.06. The van der Waals surface area contributed by atoms with Crippen molar-refractivity contribution in [3.05, 3.63) is 6.92 Å². The number of hydrogen-bond acceptors (Lipinski definition) is 0. The van der Waals surface area contributed by atoms with Gasteiger partial charge < -0.3 is 0 Å². The van der Waals surface area contributed by atoms with E-state index in [4.69, 9.17) is 0 Å². The van der Waals surface area contributed by atoms with Gasteiger partial charge in [0.15, 0.2) is 0 Å². The summed E-state index contributed by atoms with van der Waals surface area (Å²) < 4.78 is 0. The molecule has 0 aliphatic rings. The molecule has 1 radical (unpaired) electrons. The maximum absolute atomic E-state index is 3.88. The molecule has 0 aromatic rings. The fourth-order valence-electron chi connectivity index (χ4n) is 1.33. The molecule has 0 bridgehead atoms. The molecule has 0 spiro atoms. The first kappa shape index (κ1) is 10.0. The highest BCUT2D eigenvalue weighted by Crippen LogP contribution is 2.17. The molecule has 1 atom stereocenters. The average molecular weight is 141 g/mol. The Labute approximate surface area is 66.0 Å². The summed E-state index contributed by atoms with van der Waals surface area (Å²) in [6.45, 7) is 8.43. The van der Waals surface area contributed by atoms with Gasteiger partial charge in [-0.05, 0) is 5.92 Å². The van der Waals surface area contributed by atoms with Crippen molar-refractivity contribution in [1.29, 1.82) is 0 Å². The molecule has 0 aliphatic carbocycles. The minimum absolute atomic E-state index is 0.956. The second-order valence-corrected chi connectivity index (χ2v) is 3.06. The first-order chi connectivity index (χ1) is 4.85. The van der Waals surface area contributed by atoms with Gasteiger partial charge in [-0.2, -0.15) is 0 Å². The van der Waals surface area contributed by atoms with E-state index in [2.05, 4.69) is 20.8 Å². The summed E-state index contributed by atoms with van der Waals surface area (Å²) in [6, 6.07) is 0. The summed E-state index contributed by atoms with van der Waals surface area (Å²) in [7, 11) is 0. The SMILES string of the molecule is [CH2]CCC(CC)CCCC. The van der Waals surface area contributed by atoms with Crippen LogP contribution in [0.15, 0.2) is 0 Å². The third-order valence-electron chi connectivity index (χ3n) is 2.16. The molecule has 0 fully saturated rings. The third kappa shape index (κ3) is 4.84. The first-order valence-corrected chi connectivity index (χ1v) is 4.64. The molecule has 0 aromatic carbocycles. The number of hydrogen-bond donors (Lipinski definition) is 0. The van der Waals surface area contributed by atoms with Crippen LogP contribution in [-0.2, 0) is 0 Å². The van der Waals surface area contributed by atoms with E-state index in [-0.39, 0.29) is 0 Å². The van der Waals surface area contributed by atoms with E-state index in [0.717, 1.165) is 12.3 Å². The molecule has 0 saturated carbocycles. The van der Waals surface area contributed by atoms with Gasteiger partial charge in [-0.3, -0.25) is 0 Å². The maximum atomic E-state index is 3.88. The van der Waals surface area contributed by atoms with Crippen LogP contribution in [0, 0.1) is 12.8 Å². The fourth-order valence-corrected chi connectivity index (χ4v) is 1.33. The summed E-state index contributed by atoms with van der Waals surface area (Å²) >= 11 is 0. The minimum Gasteiger partial charge on any atom is -0.0654 e. The van der Waals surface area contributed by atoms with Crippen molar-refractivity contribution in [3.8, 4) is 0 Å². The standard InChI is InChI=1S/C10H21/c1-4-7-9-10(6-3)8-5-2/h10H,2,4-9H2,1,3H3. The zero-order valence-corrected chi connectivity index (χ0v) is 7.53. The van der Waals surface area contributed by atoms with Crippen molar-refractivity contribution >= 4 is 0 Å². The quantitative estimate of drug-likeness (QED) is 0.527. The summed E-state index contributed by atoms with van der Waals surface area (Å²) in [5.74, 6) is 0.956. The van der Waals surface area contributed by atoms with Gasteiger partial charge in [-0.1, -0.05) is 59.3 Å². The minimum atomic E-state index is 0.956. The lowest BCUT2D eigenvalue weighted by molar-refractivity contribution is 0.424. The molecular formula is C10H21. The van der Waals surface area contributed by atoms with Crippen molar-refractivity contribution in [2.24, 2.45) is 5.92 Å². The van der Waals surface area contributed by atoms with Crippen molar-refractivity contribution in [2.75, 3.05) is 0 Å². The highest BCUT2D eigenvalue weighted by atomic mass is 14.1. The van der Waals surface area contributed by atoms with Crippen LogP contribution in [0.2, 0.25) is 0 Å². The maximum Gasteiger partial charge on any atom is -0.0417 e. The molecule has 0 amide bonds. The molecule has 10 heavy (non-hydrogen) atoms. The number of unbranched alkanes of at least 4 members (excludes halogenated alkanes) is 1. The molecule has 0 saturated heterocycles. The molecule has 0 heteroatoms. The summed E-state index contributed by atoms with van der Waals surface area (Å²) in [4.78, 5) is 0. The summed E-state index contributed by atoms with van der Waals surface area (Å²) in [6.07, 6.45) is 7.95. The van der Waals surface area contributed by atoms with Crippen molar-refractivity contribution in [2.45, 2.75) is 52.4 Å². The predicted octanol–water partition coefficient (Wildman–Crippen LogP) is 3.82. The Balaban J connectivity index is 3.21. The van der Waals surface area contributed by atoms with E-state index < -0.39 is 0 Å². The van der Waals surface area contributed by atoms with Gasteiger partial charge in [-0.15, -0.1) is 0 Å². The van der Waals surface area contributed by atoms with E-state index >= 15 is 0 Å². The zero-order chi connectivity index (χ0) is 7.82. The van der Waals surface area contributed by atoms with Crippen LogP contribution in [0.5, 0.6) is 0 Å². The number of rotatable bonds is 6. The highest BCUT2D eigenvalue weighted by Gasteiger charge is 2.02. The van der Waals surface area contributed by atoms with Gasteiger partial charge in [0, 0.05) is 0 Å². The Morgan fingerprint density at radius 3 is 2.30 bits per heavy atom. The molecule has 61 valence electrons. The highest BCUT2D eigenvalue weighted by molar-refractivity contribution is 4.57. The Kier molecular flexibility index (Phi) is 7.11. The predicted molar refractivity (Wildman–Crippen MR) is 47.9 cm³/mol. The second kappa shape index (κ2) is 7.11. The van der Waals surface area contributed by atoms with Crippen molar-refractivity contribution < 1.29 is 0 Å². The van der Waals surface area contributed by atoms with Gasteiger partial charge in [0.1, 0.15) is 0 Å². The van der Waals surface area contributed by atoms with Gasteiger partial charge in [-0.25, -0.2) is 0 Å². The van der Waals surface area contributed by atoms with Gasteiger partial charge in [0.05, 0.1) is 0 Å². The van der Waals surface area contributed by atoms with Gasteiger partial charge in [0.2, 0.25) is 0 Å². The lowest BCUT2D eigenvalue weighted by atomic mass is 9.95. The molecule has 1 unspecified atom stereocenters. The monoisotopic (exact) mass is 141 g/mol. The Morgan fingerprint density at radius 2 is 1.90 bits per heavy atom. The Hall–Kier alpha value is 0. The average Bonchev–Trinajstić information content (AvgIpc) is 1.98. The van der Waals surface area contributed by atoms with Crippen LogP contribution in [0.3, 0.4) is 0 Å². The first-order valence-electron chi connectivity index (χ1n) is 4.64. The lowest BCUT2D eigenvalue weighted by Gasteiger charge is -2.11. The molecule has 0 N–H and O–H groups in total. The molecule has 0 aromatic heterocycles. The van der Waals surface area contributed by atoms with E-state index in [1.54, 1.807) is 0 Å². The summed E-state index contributed by atoms with van der Waals surface area (Å²) in [5.41, 5.74) is 0. The van der Waals surface area contributed by atoms with E-state index in [1.165, 1.54) is 32.1 Å². The normalized spacial score (nSPS) is 13.5. The molecule has 0 rings (SSSR count). The van der Waals surface area contributed by atoms with E-state index in [9.17, 15) is 0 Å². The van der Waals surface area contributed by atoms with Crippen LogP contribution in [-0.4, -0.2) is 0 Å². The molecule has 0 nitrogen and oxygen atoms in total. The largest absolute Gasteiger partial charge is 0.0654 e. The van der Waals surface area contributed by atoms with Gasteiger partial charge >= 0.3 is 0 Å². The topological polar surface area (TPSA) is 0 Å². The van der Waals surface area contributed by atoms with Crippen LogP contribution >= 0.6 is 0 Å². The third-order valence-corrected chi connectivity index (χ3v) is 2.16. The molecule has 0 aliphatic heterocycles. The fraction of sp³-hybridized carbons (Fsp3) is 0.900. The van der Waals surface area contributed by atoms with Crippen molar-refractivity contribution in [1.82, 2.24) is 0 Å². The van der Waals surface area contributed by atoms with Gasteiger partial charge in [0.25, 0.3) is 0 Å². The van der Waals surface area contributed by atoms with Crippen LogP contribution < -0.4 is 0 Å². The lowest BCUT2D eigenvalue weighted by Crippen LogP contribution is -1.97. The molecule has 0 heterocycles. The summed E-state index contributed by atoms with van der Waals surface area (Å²) in [5, 5.41) is 0. The van der Waals surface area contributed by atoms with Crippen molar-refractivity contribution in [3.63, 3.8) is 0 Å². The van der Waals surface area contributed by atoms with Crippen LogP contribution in [0.4, 0.5) is 0 Å². The van der Waals surface area contributed by atoms with Crippen LogP contribution in [0.25, 0.3) is 0 Å². The smallest absolute Gasteiger partial charge is 0.0417 e. The zero-order valence-electron chi connectivity index (χ0n) is 7.53. The van der Waals surface area contributed by atoms with Crippen LogP contribution in [0.1, 0.15) is 52.4 Å². The van der Waals surface area contributed by atoms with E-state index in [0.29, 0.717) is 0 Å². The Bertz CT molecular complexity index is 57.1. The van der Waals surface area contributed by atoms with E-state index in [1.807, 2.05) is 0 Å². The Morgan fingerprint density at radius 1 is 1.20 bits per heavy atom. The molecular weight excluding hydrogens is 120 g/mol.